The number of aliphatic hydroxyl groups excluding tert-OH is 1. The first kappa shape index (κ1) is 14.3. The molecule has 0 saturated heterocycles. The molecule has 0 radical (unpaired) electrons. The number of allylic oxidation sites excluding steroid dienone is 1. The SMILES string of the molecule is C=C(C)CC[C@@H](C)[CH-]O.[Cs+]. The van der Waals surface area contributed by atoms with E-state index in [0.29, 0.717) is 5.92 Å². The zero-order chi connectivity index (χ0) is 7.28. The zero-order valence-corrected chi connectivity index (χ0v) is 13.5. The molecular weight excluding hydrogens is 245 g/mol. The minimum atomic E-state index is 0. The van der Waals surface area contributed by atoms with Crippen molar-refractivity contribution in [3.63, 3.8) is 0 Å². The van der Waals surface area contributed by atoms with Gasteiger partial charge >= 0.3 is 68.9 Å². The largest absolute Gasteiger partial charge is 1.00 e. The summed E-state index contributed by atoms with van der Waals surface area (Å²) < 4.78 is 0. The minimum Gasteiger partial charge on any atom is -0.566 e. The summed E-state index contributed by atoms with van der Waals surface area (Å²) in [5.74, 6) is 0.307. The van der Waals surface area contributed by atoms with E-state index in [1.165, 1.54) is 12.2 Å². The van der Waals surface area contributed by atoms with Crippen molar-refractivity contribution in [3.8, 4) is 0 Å². The van der Waals surface area contributed by atoms with Gasteiger partial charge in [0, 0.05) is 0 Å². The van der Waals surface area contributed by atoms with Crippen molar-refractivity contribution in [2.24, 2.45) is 5.92 Å². The van der Waals surface area contributed by atoms with Crippen LogP contribution in [0.1, 0.15) is 26.7 Å². The molecule has 0 aromatic carbocycles. The topological polar surface area (TPSA) is 20.2 Å². The molecule has 0 aliphatic carbocycles. The van der Waals surface area contributed by atoms with E-state index in [1.54, 1.807) is 0 Å². The molecule has 0 aliphatic heterocycles. The summed E-state index contributed by atoms with van der Waals surface area (Å²) >= 11 is 0. The van der Waals surface area contributed by atoms with Crippen LogP contribution in [-0.4, -0.2) is 5.11 Å². The Labute approximate surface area is 123 Å². The summed E-state index contributed by atoms with van der Waals surface area (Å²) in [6, 6.07) is 0. The van der Waals surface area contributed by atoms with Crippen LogP contribution in [0.15, 0.2) is 12.2 Å². The van der Waals surface area contributed by atoms with E-state index in [-0.39, 0.29) is 68.9 Å². The van der Waals surface area contributed by atoms with Crippen LogP contribution < -0.4 is 68.9 Å². The summed E-state index contributed by atoms with van der Waals surface area (Å²) in [5.41, 5.74) is 1.18. The standard InChI is InChI=1S/C8H15O.Cs/c1-7(2)4-5-8(3)6-9;/h6,8-9H,1,4-5H2,2-3H3;/q-1;+1/t8-;/m1./s1. The Balaban J connectivity index is 0. The van der Waals surface area contributed by atoms with E-state index in [9.17, 15) is 0 Å². The van der Waals surface area contributed by atoms with Gasteiger partial charge in [-0.05, 0) is 13.3 Å². The summed E-state index contributed by atoms with van der Waals surface area (Å²) in [7, 11) is 0. The normalized spacial score (nSPS) is 11.9. The second-order valence-corrected chi connectivity index (χ2v) is 2.62. The molecule has 0 rings (SSSR count). The van der Waals surface area contributed by atoms with Gasteiger partial charge in [-0.1, -0.05) is 18.9 Å². The van der Waals surface area contributed by atoms with Crippen LogP contribution in [0, 0.1) is 12.5 Å². The second-order valence-electron chi connectivity index (χ2n) is 2.62. The summed E-state index contributed by atoms with van der Waals surface area (Å²) in [5, 5.41) is 8.49. The molecule has 0 aromatic heterocycles. The van der Waals surface area contributed by atoms with Crippen molar-refractivity contribution in [2.45, 2.75) is 26.7 Å². The van der Waals surface area contributed by atoms with Crippen molar-refractivity contribution in [1.82, 2.24) is 0 Å². The van der Waals surface area contributed by atoms with Crippen molar-refractivity contribution < 1.29 is 74.0 Å². The third kappa shape index (κ3) is 9.75. The smallest absolute Gasteiger partial charge is 0.566 e. The van der Waals surface area contributed by atoms with E-state index in [4.69, 9.17) is 5.11 Å². The molecule has 0 fully saturated rings. The molecule has 54 valence electrons. The van der Waals surface area contributed by atoms with Crippen molar-refractivity contribution in [2.75, 3.05) is 0 Å². The fourth-order valence-corrected chi connectivity index (χ4v) is 0.549. The predicted octanol–water partition coefficient (Wildman–Crippen LogP) is -0.483. The molecule has 0 saturated carbocycles. The minimum absolute atomic E-state index is 0. The molecule has 0 spiro atoms. The Kier molecular flexibility index (Phi) is 12.6. The van der Waals surface area contributed by atoms with Gasteiger partial charge in [-0.25, -0.2) is 6.61 Å². The molecule has 0 heterocycles. The molecule has 2 heteroatoms. The number of aliphatic hydroxyl groups is 1. The van der Waals surface area contributed by atoms with Gasteiger partial charge in [-0.3, -0.25) is 0 Å². The Hall–Kier alpha value is 1.75. The molecule has 1 nitrogen and oxygen atoms in total. The first-order chi connectivity index (χ1) is 4.16. The van der Waals surface area contributed by atoms with Gasteiger partial charge in [-0.15, -0.1) is 12.5 Å². The third-order valence-corrected chi connectivity index (χ3v) is 1.28. The van der Waals surface area contributed by atoms with Gasteiger partial charge in [0.15, 0.2) is 0 Å². The summed E-state index contributed by atoms with van der Waals surface area (Å²) in [6.45, 7) is 9.00. The fourth-order valence-electron chi connectivity index (χ4n) is 0.549. The molecular formula is C8H15CsO. The van der Waals surface area contributed by atoms with E-state index >= 15 is 0 Å². The maximum Gasteiger partial charge on any atom is 1.00 e. The molecule has 0 aromatic rings. The van der Waals surface area contributed by atoms with Crippen LogP contribution in [0.3, 0.4) is 0 Å². The van der Waals surface area contributed by atoms with Crippen LogP contribution in [0.4, 0.5) is 0 Å². The van der Waals surface area contributed by atoms with Gasteiger partial charge in [-0.2, -0.15) is 0 Å². The van der Waals surface area contributed by atoms with E-state index in [2.05, 4.69) is 6.58 Å². The molecule has 1 N–H and O–H groups in total. The number of hydrogen-bond acceptors (Lipinski definition) is 1. The maximum absolute atomic E-state index is 8.49. The second kappa shape index (κ2) is 8.84. The quantitative estimate of drug-likeness (QED) is 0.534. The average molecular weight is 260 g/mol. The zero-order valence-electron chi connectivity index (χ0n) is 7.22. The fraction of sp³-hybridized carbons (Fsp3) is 0.625. The molecule has 10 heavy (non-hydrogen) atoms. The van der Waals surface area contributed by atoms with E-state index < -0.39 is 0 Å². The Morgan fingerprint density at radius 1 is 1.70 bits per heavy atom. The molecule has 0 amide bonds. The van der Waals surface area contributed by atoms with Gasteiger partial charge in [0.05, 0.1) is 0 Å². The van der Waals surface area contributed by atoms with Crippen LogP contribution in [0.25, 0.3) is 0 Å². The van der Waals surface area contributed by atoms with Gasteiger partial charge in [0.1, 0.15) is 0 Å². The van der Waals surface area contributed by atoms with E-state index in [1.807, 2.05) is 13.8 Å². The van der Waals surface area contributed by atoms with Crippen LogP contribution >= 0.6 is 0 Å². The van der Waals surface area contributed by atoms with Gasteiger partial charge < -0.3 is 5.11 Å². The van der Waals surface area contributed by atoms with Crippen molar-refractivity contribution in [1.29, 1.82) is 0 Å². The molecule has 1 atom stereocenters. The van der Waals surface area contributed by atoms with Crippen LogP contribution in [-0.2, 0) is 0 Å². The van der Waals surface area contributed by atoms with Crippen molar-refractivity contribution >= 4 is 0 Å². The Morgan fingerprint density at radius 3 is 2.50 bits per heavy atom. The number of hydrogen-bond donors (Lipinski definition) is 1. The summed E-state index contributed by atoms with van der Waals surface area (Å²) in [6.07, 6.45) is 2.02. The van der Waals surface area contributed by atoms with Crippen LogP contribution in [0.5, 0.6) is 0 Å². The average Bonchev–Trinajstić information content (AvgIpc) is 1.83. The molecule has 0 bridgehead atoms. The van der Waals surface area contributed by atoms with Crippen molar-refractivity contribution in [3.05, 3.63) is 18.8 Å². The maximum atomic E-state index is 8.49. The Morgan fingerprint density at radius 2 is 2.20 bits per heavy atom. The Bertz CT molecular complexity index is 91.3. The van der Waals surface area contributed by atoms with Gasteiger partial charge in [0.25, 0.3) is 0 Å². The van der Waals surface area contributed by atoms with Gasteiger partial charge in [0.2, 0.25) is 0 Å². The van der Waals surface area contributed by atoms with E-state index in [0.717, 1.165) is 12.8 Å². The third-order valence-electron chi connectivity index (χ3n) is 1.28. The summed E-state index contributed by atoms with van der Waals surface area (Å²) in [4.78, 5) is 0. The predicted molar refractivity (Wildman–Crippen MR) is 39.4 cm³/mol. The monoisotopic (exact) mass is 260 g/mol. The number of rotatable bonds is 4. The first-order valence-electron chi connectivity index (χ1n) is 3.28. The molecule has 0 unspecified atom stereocenters. The van der Waals surface area contributed by atoms with Crippen LogP contribution in [0.2, 0.25) is 0 Å². The molecule has 0 aliphatic rings. The first-order valence-corrected chi connectivity index (χ1v) is 3.28.